The molecule has 0 aliphatic carbocycles. The first-order valence-electron chi connectivity index (χ1n) is 13.3. The number of unbranched alkanes of at least 4 members (excludes halogenated alkanes) is 3. The van der Waals surface area contributed by atoms with Crippen LogP contribution in [-0.4, -0.2) is 13.2 Å². The summed E-state index contributed by atoms with van der Waals surface area (Å²) < 4.78 is 27.7. The molecule has 1 aliphatic heterocycles. The van der Waals surface area contributed by atoms with Gasteiger partial charge >= 0.3 is 195 Å². The molecular formula is C25H52O5Ti. The molecule has 0 N–H and O–H groups in total. The molecule has 0 radical (unpaired) electrons. The van der Waals surface area contributed by atoms with Crippen molar-refractivity contribution in [3.05, 3.63) is 0 Å². The van der Waals surface area contributed by atoms with E-state index in [1.807, 2.05) is 0 Å². The Hall–Kier alpha value is 0.354. The van der Waals surface area contributed by atoms with Gasteiger partial charge in [0.2, 0.25) is 0 Å². The second-order valence-electron chi connectivity index (χ2n) is 10.3. The summed E-state index contributed by atoms with van der Waals surface area (Å²) in [6.07, 6.45) is 12.7. The zero-order valence-electron chi connectivity index (χ0n) is 21.5. The van der Waals surface area contributed by atoms with E-state index in [2.05, 4.69) is 41.5 Å². The van der Waals surface area contributed by atoms with E-state index in [9.17, 15) is 3.32 Å². The zero-order chi connectivity index (χ0) is 23.2. The van der Waals surface area contributed by atoms with Crippen molar-refractivity contribution in [1.82, 2.24) is 0 Å². The van der Waals surface area contributed by atoms with Gasteiger partial charge in [0, 0.05) is 0 Å². The molecule has 1 rings (SSSR count). The Bertz CT molecular complexity index is 498. The van der Waals surface area contributed by atoms with E-state index in [0.29, 0.717) is 34.5 Å². The van der Waals surface area contributed by atoms with Crippen molar-refractivity contribution in [3.63, 3.8) is 0 Å². The fourth-order valence-corrected chi connectivity index (χ4v) is 11.7. The van der Waals surface area contributed by atoms with Gasteiger partial charge in [-0.05, 0) is 0 Å². The van der Waals surface area contributed by atoms with Crippen molar-refractivity contribution in [3.8, 4) is 0 Å². The van der Waals surface area contributed by atoms with Crippen molar-refractivity contribution < 1.29 is 36.1 Å². The van der Waals surface area contributed by atoms with E-state index in [0.717, 1.165) is 77.0 Å². The van der Waals surface area contributed by atoms with Crippen LogP contribution in [0.3, 0.4) is 0 Å². The third-order valence-corrected chi connectivity index (χ3v) is 13.3. The van der Waals surface area contributed by atoms with Gasteiger partial charge in [-0.1, -0.05) is 0 Å². The molecule has 1 fully saturated rings. The Morgan fingerprint density at radius 3 is 1.55 bits per heavy atom. The summed E-state index contributed by atoms with van der Waals surface area (Å²) in [5.74, 6) is 0.613. The van der Waals surface area contributed by atoms with Crippen molar-refractivity contribution in [2.45, 2.75) is 128 Å². The Kier molecular flexibility index (Phi) is 13.8. The number of hydrogen-bond acceptors (Lipinski definition) is 5. The van der Waals surface area contributed by atoms with Crippen molar-refractivity contribution >= 4 is 0 Å². The van der Waals surface area contributed by atoms with Crippen LogP contribution >= 0.6 is 0 Å². The maximum absolute atomic E-state index is 14.7. The molecule has 0 aromatic heterocycles. The van der Waals surface area contributed by atoms with Crippen LogP contribution in [0.1, 0.15) is 119 Å². The fourth-order valence-electron chi connectivity index (χ4n) is 4.93. The molecule has 0 aromatic rings. The van der Waals surface area contributed by atoms with Gasteiger partial charge in [-0.15, -0.1) is 0 Å². The summed E-state index contributed by atoms with van der Waals surface area (Å²) in [5, 5.41) is 0. The first-order chi connectivity index (χ1) is 14.8. The van der Waals surface area contributed by atoms with Crippen molar-refractivity contribution in [1.29, 1.82) is 0 Å². The molecule has 186 valence electrons. The molecule has 0 saturated carbocycles. The predicted molar refractivity (Wildman–Crippen MR) is 123 cm³/mol. The third kappa shape index (κ3) is 9.62. The number of hydrogen-bond donors (Lipinski definition) is 0. The van der Waals surface area contributed by atoms with Crippen molar-refractivity contribution in [2.75, 3.05) is 13.2 Å². The van der Waals surface area contributed by atoms with Gasteiger partial charge in [-0.3, -0.25) is 0 Å². The van der Waals surface area contributed by atoms with Gasteiger partial charge in [0.25, 0.3) is 0 Å². The Morgan fingerprint density at radius 2 is 1.19 bits per heavy atom. The van der Waals surface area contributed by atoms with Crippen LogP contribution in [0.25, 0.3) is 0 Å². The van der Waals surface area contributed by atoms with Crippen LogP contribution in [0, 0.1) is 17.3 Å². The molecule has 31 heavy (non-hydrogen) atoms. The second kappa shape index (κ2) is 14.6. The SMILES string of the molecule is CCCCC(CC)[CH2][Ti]1(=[O])([CH2]C(CC)CCCC)[O]OCC(CC)(CCCC)CO[O]1. The molecule has 6 heteroatoms. The monoisotopic (exact) mass is 480 g/mol. The summed E-state index contributed by atoms with van der Waals surface area (Å²) in [6, 6.07) is 0. The van der Waals surface area contributed by atoms with E-state index >= 15 is 0 Å². The van der Waals surface area contributed by atoms with E-state index < -0.39 is 16.1 Å². The van der Waals surface area contributed by atoms with Gasteiger partial charge in [0.1, 0.15) is 0 Å². The predicted octanol–water partition coefficient (Wildman–Crippen LogP) is 8.62. The molecule has 0 bridgehead atoms. The zero-order valence-corrected chi connectivity index (χ0v) is 23.1. The van der Waals surface area contributed by atoms with Crippen LogP contribution in [-0.2, 0) is 36.1 Å². The fraction of sp³-hybridized carbons (Fsp3) is 1.00. The minimum atomic E-state index is -5.19. The molecule has 2 unspecified atom stereocenters. The molecule has 0 amide bonds. The first-order valence-corrected chi connectivity index (χ1v) is 17.5. The van der Waals surface area contributed by atoms with Crippen LogP contribution in [0.5, 0.6) is 0 Å². The van der Waals surface area contributed by atoms with E-state index in [4.69, 9.17) is 16.7 Å². The second-order valence-corrected chi connectivity index (χ2v) is 16.3. The van der Waals surface area contributed by atoms with Crippen LogP contribution in [0.4, 0.5) is 0 Å². The molecule has 0 aromatic carbocycles. The van der Waals surface area contributed by atoms with Crippen molar-refractivity contribution in [2.24, 2.45) is 17.3 Å². The number of rotatable bonds is 16. The maximum atomic E-state index is 14.7. The Morgan fingerprint density at radius 1 is 0.742 bits per heavy atom. The van der Waals surface area contributed by atoms with Crippen LogP contribution in [0.2, 0.25) is 9.45 Å². The average molecular weight is 481 g/mol. The summed E-state index contributed by atoms with van der Waals surface area (Å²) >= 11 is -5.19. The molecule has 5 nitrogen and oxygen atoms in total. The van der Waals surface area contributed by atoms with E-state index in [-0.39, 0.29) is 5.41 Å². The van der Waals surface area contributed by atoms with Gasteiger partial charge < -0.3 is 0 Å². The van der Waals surface area contributed by atoms with E-state index in [1.165, 1.54) is 0 Å². The molecule has 1 aliphatic rings. The Labute approximate surface area is 194 Å². The van der Waals surface area contributed by atoms with Gasteiger partial charge in [-0.25, -0.2) is 0 Å². The van der Waals surface area contributed by atoms with Gasteiger partial charge in [0.15, 0.2) is 0 Å². The normalized spacial score (nSPS) is 25.2. The molecule has 1 heterocycles. The third-order valence-electron chi connectivity index (χ3n) is 7.48. The summed E-state index contributed by atoms with van der Waals surface area (Å²) in [4.78, 5) is 11.7. The standard InChI is InChI=1S/C9H20O4.2C8H17.O.Ti/c1-3-5-6-9(4-2,7-12-10)8-13-11;2*1-4-6-7-8(3)5-2;;/h10-11H,3-8H2,1-2H3;2*8H,3-7H2,1-2H3;;/q;;;;+2/p-2. The topological polar surface area (TPSA) is 54.0 Å². The van der Waals surface area contributed by atoms with E-state index in [1.54, 1.807) is 0 Å². The summed E-state index contributed by atoms with van der Waals surface area (Å²) in [6.45, 7) is 13.9. The summed E-state index contributed by atoms with van der Waals surface area (Å²) in [7, 11) is 0. The first kappa shape index (κ1) is 29.4. The molecule has 0 spiro atoms. The minimum absolute atomic E-state index is 0.139. The van der Waals surface area contributed by atoms with Gasteiger partial charge in [0.05, 0.1) is 0 Å². The van der Waals surface area contributed by atoms with Gasteiger partial charge in [-0.2, -0.15) is 0 Å². The van der Waals surface area contributed by atoms with Crippen LogP contribution in [0.15, 0.2) is 0 Å². The quantitative estimate of drug-likeness (QED) is 0.163. The van der Waals surface area contributed by atoms with Crippen LogP contribution < -0.4 is 0 Å². The average Bonchev–Trinajstić information content (AvgIpc) is 2.76. The molecule has 2 atom stereocenters. The Balaban J connectivity index is 3.11. The molecular weight excluding hydrogens is 428 g/mol. The molecule has 1 saturated heterocycles. The summed E-state index contributed by atoms with van der Waals surface area (Å²) in [5.41, 5.74) is -0.139.